The van der Waals surface area contributed by atoms with Gasteiger partial charge in [0.15, 0.2) is 0 Å². The summed E-state index contributed by atoms with van der Waals surface area (Å²) < 4.78 is 33.6. The van der Waals surface area contributed by atoms with Gasteiger partial charge in [-0.05, 0) is 54.3 Å². The first kappa shape index (κ1) is 23.8. The zero-order valence-corrected chi connectivity index (χ0v) is 20.1. The minimum atomic E-state index is -3.73. The maximum Gasteiger partial charge on any atom is 0.261 e. The van der Waals surface area contributed by atoms with Gasteiger partial charge in [0.2, 0.25) is 5.91 Å². The summed E-state index contributed by atoms with van der Waals surface area (Å²) in [5.41, 5.74) is 1.55. The summed E-state index contributed by atoms with van der Waals surface area (Å²) in [7, 11) is -2.10. The first-order valence-corrected chi connectivity index (χ1v) is 13.0. The van der Waals surface area contributed by atoms with Crippen LogP contribution in [0.3, 0.4) is 0 Å². The minimum Gasteiger partial charge on any atom is -0.497 e. The number of hydrogen-bond donors (Lipinski definition) is 2. The molecule has 0 saturated heterocycles. The number of para-hydroxylation sites is 1. The molecule has 4 rings (SSSR count). The maximum absolute atomic E-state index is 13.6. The van der Waals surface area contributed by atoms with Crippen molar-refractivity contribution < 1.29 is 17.9 Å². The molecule has 178 valence electrons. The van der Waals surface area contributed by atoms with Crippen molar-refractivity contribution in [3.8, 4) is 5.75 Å². The van der Waals surface area contributed by atoms with Gasteiger partial charge in [-0.2, -0.15) is 0 Å². The summed E-state index contributed by atoms with van der Waals surface area (Å²) in [6.45, 7) is 0.226. The number of anilines is 1. The van der Waals surface area contributed by atoms with Crippen molar-refractivity contribution in [3.63, 3.8) is 0 Å². The van der Waals surface area contributed by atoms with E-state index >= 15 is 0 Å². The maximum atomic E-state index is 13.6. The molecule has 6 nitrogen and oxygen atoms in total. The molecule has 3 aromatic rings. The number of carbonyl (C=O) groups excluding carboxylic acids is 1. The molecule has 0 aliphatic heterocycles. The molecule has 1 aliphatic rings. The average Bonchev–Trinajstić information content (AvgIpc) is 2.89. The Bertz CT molecular complexity index is 1220. The summed E-state index contributed by atoms with van der Waals surface area (Å²) in [5, 5.41) is 3.10. The van der Waals surface area contributed by atoms with Gasteiger partial charge in [0, 0.05) is 6.54 Å². The largest absolute Gasteiger partial charge is 0.497 e. The number of hydrogen-bond acceptors (Lipinski definition) is 4. The molecule has 0 bridgehead atoms. The Labute approximate surface area is 201 Å². The number of methoxy groups -OCH3 is 1. The van der Waals surface area contributed by atoms with Crippen LogP contribution in [0.25, 0.3) is 0 Å². The van der Waals surface area contributed by atoms with Crippen LogP contribution in [0.1, 0.15) is 43.2 Å². The Morgan fingerprint density at radius 1 is 0.882 bits per heavy atom. The fraction of sp³-hybridized carbons (Fsp3) is 0.296. The lowest BCUT2D eigenvalue weighted by atomic mass is 9.68. The van der Waals surface area contributed by atoms with Crippen molar-refractivity contribution >= 4 is 21.6 Å². The molecule has 2 N–H and O–H groups in total. The van der Waals surface area contributed by atoms with E-state index in [9.17, 15) is 13.2 Å². The van der Waals surface area contributed by atoms with E-state index in [2.05, 4.69) is 10.0 Å². The standard InChI is InChI=1S/C27H30N2O4S/c1-33-23-16-14-22(15-17-23)27(18-8-3-9-19-27)26(30)28-20-21-10-6-7-13-25(21)29-34(31,32)24-11-4-2-5-12-24/h2,4-7,10-17,29H,3,8-9,18-20H2,1H3,(H,28,30). The molecule has 1 aliphatic carbocycles. The third-order valence-corrected chi connectivity index (χ3v) is 7.92. The van der Waals surface area contributed by atoms with Crippen molar-refractivity contribution in [2.45, 2.75) is 49.0 Å². The van der Waals surface area contributed by atoms with E-state index in [-0.39, 0.29) is 17.3 Å². The Kier molecular flexibility index (Phi) is 7.22. The van der Waals surface area contributed by atoms with Gasteiger partial charge in [0.25, 0.3) is 10.0 Å². The van der Waals surface area contributed by atoms with Crippen LogP contribution in [0.15, 0.2) is 83.8 Å². The lowest BCUT2D eigenvalue weighted by Gasteiger charge is -2.36. The summed E-state index contributed by atoms with van der Waals surface area (Å²) >= 11 is 0. The van der Waals surface area contributed by atoms with Crippen LogP contribution in [0.2, 0.25) is 0 Å². The molecule has 34 heavy (non-hydrogen) atoms. The lowest BCUT2D eigenvalue weighted by Crippen LogP contribution is -2.45. The van der Waals surface area contributed by atoms with Gasteiger partial charge in [-0.3, -0.25) is 9.52 Å². The molecule has 0 radical (unpaired) electrons. The monoisotopic (exact) mass is 478 g/mol. The van der Waals surface area contributed by atoms with Crippen LogP contribution in [-0.4, -0.2) is 21.4 Å². The molecule has 0 aromatic heterocycles. The Hall–Kier alpha value is -3.32. The number of benzene rings is 3. The first-order chi connectivity index (χ1) is 16.4. The van der Waals surface area contributed by atoms with Gasteiger partial charge >= 0.3 is 0 Å². The van der Waals surface area contributed by atoms with Crippen LogP contribution in [0.5, 0.6) is 5.75 Å². The van der Waals surface area contributed by atoms with Gasteiger partial charge in [0.05, 0.1) is 23.1 Å². The van der Waals surface area contributed by atoms with Crippen molar-refractivity contribution in [2.75, 3.05) is 11.8 Å². The van der Waals surface area contributed by atoms with Gasteiger partial charge < -0.3 is 10.1 Å². The average molecular weight is 479 g/mol. The second kappa shape index (κ2) is 10.3. The third-order valence-electron chi connectivity index (χ3n) is 6.54. The first-order valence-electron chi connectivity index (χ1n) is 11.5. The molecule has 0 spiro atoms. The highest BCUT2D eigenvalue weighted by Gasteiger charge is 2.41. The molecule has 0 heterocycles. The second-order valence-electron chi connectivity index (χ2n) is 8.63. The molecular weight excluding hydrogens is 448 g/mol. The van der Waals surface area contributed by atoms with E-state index in [1.807, 2.05) is 36.4 Å². The fourth-order valence-electron chi connectivity index (χ4n) is 4.63. The van der Waals surface area contributed by atoms with Crippen LogP contribution in [-0.2, 0) is 26.8 Å². The van der Waals surface area contributed by atoms with Gasteiger partial charge in [-0.25, -0.2) is 8.42 Å². The Balaban J connectivity index is 1.54. The van der Waals surface area contributed by atoms with E-state index < -0.39 is 15.4 Å². The van der Waals surface area contributed by atoms with Crippen molar-refractivity contribution in [3.05, 3.63) is 90.0 Å². The number of rotatable bonds is 8. The third kappa shape index (κ3) is 5.09. The smallest absolute Gasteiger partial charge is 0.261 e. The highest BCUT2D eigenvalue weighted by molar-refractivity contribution is 7.92. The molecule has 1 saturated carbocycles. The number of nitrogens with one attached hydrogen (secondary N) is 2. The fourth-order valence-corrected chi connectivity index (χ4v) is 5.76. The number of carbonyl (C=O) groups is 1. The van der Waals surface area contributed by atoms with Gasteiger partial charge in [0.1, 0.15) is 5.75 Å². The summed E-state index contributed by atoms with van der Waals surface area (Å²) in [6, 6.07) is 23.1. The lowest BCUT2D eigenvalue weighted by molar-refractivity contribution is -0.128. The van der Waals surface area contributed by atoms with E-state index in [1.54, 1.807) is 49.6 Å². The van der Waals surface area contributed by atoms with E-state index in [0.29, 0.717) is 11.3 Å². The molecule has 7 heteroatoms. The SMILES string of the molecule is COc1ccc(C2(C(=O)NCc3ccccc3NS(=O)(=O)c3ccccc3)CCCCC2)cc1. The topological polar surface area (TPSA) is 84.5 Å². The van der Waals surface area contributed by atoms with Gasteiger partial charge in [-0.15, -0.1) is 0 Å². The highest BCUT2D eigenvalue weighted by atomic mass is 32.2. The summed E-state index contributed by atoms with van der Waals surface area (Å²) in [5.74, 6) is 0.729. The number of amides is 1. The molecule has 0 atom stereocenters. The van der Waals surface area contributed by atoms with Gasteiger partial charge in [-0.1, -0.05) is 67.8 Å². The normalized spacial score (nSPS) is 15.3. The second-order valence-corrected chi connectivity index (χ2v) is 10.3. The predicted molar refractivity (Wildman–Crippen MR) is 133 cm³/mol. The number of ether oxygens (including phenoxy) is 1. The van der Waals surface area contributed by atoms with Crippen molar-refractivity contribution in [2.24, 2.45) is 0 Å². The van der Waals surface area contributed by atoms with E-state index in [4.69, 9.17) is 4.74 Å². The quantitative estimate of drug-likeness (QED) is 0.476. The Morgan fingerprint density at radius 2 is 1.53 bits per heavy atom. The molecule has 3 aromatic carbocycles. The predicted octanol–water partition coefficient (Wildman–Crippen LogP) is 5.01. The van der Waals surface area contributed by atoms with Crippen molar-refractivity contribution in [1.29, 1.82) is 0 Å². The summed E-state index contributed by atoms with van der Waals surface area (Å²) in [6.07, 6.45) is 4.68. The number of sulfonamides is 1. The minimum absolute atomic E-state index is 0.0295. The Morgan fingerprint density at radius 3 is 2.21 bits per heavy atom. The zero-order chi connectivity index (χ0) is 24.0. The molecule has 1 fully saturated rings. The summed E-state index contributed by atoms with van der Waals surface area (Å²) in [4.78, 5) is 13.8. The molecule has 1 amide bonds. The van der Waals surface area contributed by atoms with Crippen molar-refractivity contribution in [1.82, 2.24) is 5.32 Å². The molecule has 0 unspecified atom stereocenters. The zero-order valence-electron chi connectivity index (χ0n) is 19.3. The van der Waals surface area contributed by atoms with E-state index in [1.165, 1.54) is 0 Å². The van der Waals surface area contributed by atoms with E-state index in [0.717, 1.165) is 43.4 Å². The van der Waals surface area contributed by atoms with Crippen LogP contribution < -0.4 is 14.8 Å². The van der Waals surface area contributed by atoms with Crippen LogP contribution in [0.4, 0.5) is 5.69 Å². The van der Waals surface area contributed by atoms with Crippen LogP contribution in [0, 0.1) is 0 Å². The van der Waals surface area contributed by atoms with Crippen LogP contribution >= 0.6 is 0 Å². The highest BCUT2D eigenvalue weighted by Crippen LogP contribution is 2.40. The molecular formula is C27H30N2O4S.